The molecule has 2 amide bonds. The van der Waals surface area contributed by atoms with Gasteiger partial charge in [0, 0.05) is 24.7 Å². The molecule has 160 valence electrons. The van der Waals surface area contributed by atoms with Gasteiger partial charge in [-0.3, -0.25) is 14.5 Å². The Bertz CT molecular complexity index is 883. The van der Waals surface area contributed by atoms with Crippen LogP contribution >= 0.6 is 15.9 Å². The molecule has 1 aliphatic heterocycles. The minimum absolute atomic E-state index is 0.0559. The Labute approximate surface area is 184 Å². The van der Waals surface area contributed by atoms with Gasteiger partial charge in [-0.15, -0.1) is 0 Å². The van der Waals surface area contributed by atoms with Crippen LogP contribution in [0.4, 0.5) is 0 Å². The molecule has 3 rings (SSSR count). The number of likely N-dealkylation sites (tertiary alicyclic amines) is 1. The number of primary amides is 1. The highest BCUT2D eigenvalue weighted by Gasteiger charge is 2.23. The van der Waals surface area contributed by atoms with E-state index in [0.717, 1.165) is 31.5 Å². The van der Waals surface area contributed by atoms with Crippen molar-refractivity contribution in [3.63, 3.8) is 0 Å². The third-order valence-electron chi connectivity index (χ3n) is 5.02. The van der Waals surface area contributed by atoms with Crippen molar-refractivity contribution in [2.75, 3.05) is 26.7 Å². The van der Waals surface area contributed by atoms with E-state index in [1.165, 1.54) is 0 Å². The summed E-state index contributed by atoms with van der Waals surface area (Å²) in [5.74, 6) is 0.542. The van der Waals surface area contributed by atoms with Crippen molar-refractivity contribution in [3.8, 4) is 11.5 Å². The molecule has 0 aromatic heterocycles. The maximum Gasteiger partial charge on any atom is 0.251 e. The number of rotatable bonds is 8. The van der Waals surface area contributed by atoms with E-state index in [4.69, 9.17) is 15.2 Å². The van der Waals surface area contributed by atoms with Gasteiger partial charge in [-0.05, 0) is 46.5 Å². The third-order valence-corrected chi connectivity index (χ3v) is 5.61. The van der Waals surface area contributed by atoms with E-state index >= 15 is 0 Å². The van der Waals surface area contributed by atoms with Crippen LogP contribution in [0.15, 0.2) is 46.9 Å². The first-order valence-electron chi connectivity index (χ1n) is 9.82. The van der Waals surface area contributed by atoms with Crippen LogP contribution in [0.3, 0.4) is 0 Å². The maximum absolute atomic E-state index is 12.8. The molecule has 7 nitrogen and oxygen atoms in total. The minimum Gasteiger partial charge on any atom is -0.493 e. The molecule has 1 heterocycles. The Morgan fingerprint density at radius 2 is 1.90 bits per heavy atom. The lowest BCUT2D eigenvalue weighted by Gasteiger charge is -2.31. The summed E-state index contributed by atoms with van der Waals surface area (Å²) in [7, 11) is 1.55. The molecule has 0 radical (unpaired) electrons. The molecule has 0 bridgehead atoms. The van der Waals surface area contributed by atoms with Crippen molar-refractivity contribution in [1.82, 2.24) is 10.2 Å². The summed E-state index contributed by atoms with van der Waals surface area (Å²) >= 11 is 3.50. The highest BCUT2D eigenvalue weighted by molar-refractivity contribution is 9.10. The monoisotopic (exact) mass is 475 g/mol. The van der Waals surface area contributed by atoms with Gasteiger partial charge in [0.05, 0.1) is 18.1 Å². The molecule has 1 saturated heterocycles. The number of carbonyl (C=O) groups is 2. The molecule has 8 heteroatoms. The lowest BCUT2D eigenvalue weighted by Crippen LogP contribution is -2.46. The van der Waals surface area contributed by atoms with Gasteiger partial charge in [0.2, 0.25) is 5.91 Å². The van der Waals surface area contributed by atoms with Crippen molar-refractivity contribution in [2.24, 2.45) is 5.73 Å². The number of amides is 2. The van der Waals surface area contributed by atoms with Crippen molar-refractivity contribution in [3.05, 3.63) is 58.1 Å². The molecule has 1 aliphatic rings. The molecule has 0 atom stereocenters. The SMILES string of the molecule is COc1cc(C(=O)NC2CCN(CC(N)=O)CC2)cc(Br)c1OCc1ccccc1. The highest BCUT2D eigenvalue weighted by atomic mass is 79.9. The molecule has 0 aliphatic carbocycles. The summed E-state index contributed by atoms with van der Waals surface area (Å²) in [6.45, 7) is 2.11. The first-order valence-corrected chi connectivity index (χ1v) is 10.6. The van der Waals surface area contributed by atoms with Crippen LogP contribution in [0.5, 0.6) is 11.5 Å². The summed E-state index contributed by atoms with van der Waals surface area (Å²) in [5, 5.41) is 3.07. The minimum atomic E-state index is -0.330. The van der Waals surface area contributed by atoms with Crippen molar-refractivity contribution >= 4 is 27.7 Å². The summed E-state index contributed by atoms with van der Waals surface area (Å²) in [6.07, 6.45) is 1.55. The van der Waals surface area contributed by atoms with Gasteiger partial charge in [-0.2, -0.15) is 0 Å². The number of piperidine rings is 1. The van der Waals surface area contributed by atoms with Gasteiger partial charge >= 0.3 is 0 Å². The molecule has 2 aromatic carbocycles. The lowest BCUT2D eigenvalue weighted by molar-refractivity contribution is -0.119. The number of hydrogen-bond acceptors (Lipinski definition) is 5. The number of hydrogen-bond donors (Lipinski definition) is 2. The average Bonchev–Trinajstić information content (AvgIpc) is 2.74. The quantitative estimate of drug-likeness (QED) is 0.611. The fourth-order valence-corrected chi connectivity index (χ4v) is 4.00. The van der Waals surface area contributed by atoms with Crippen LogP contribution in [-0.4, -0.2) is 49.5 Å². The predicted molar refractivity (Wildman–Crippen MR) is 118 cm³/mol. The number of benzene rings is 2. The molecular formula is C22H26BrN3O4. The fraction of sp³-hybridized carbons (Fsp3) is 0.364. The number of halogens is 1. The Kier molecular flexibility index (Phi) is 7.70. The molecule has 1 fully saturated rings. The van der Waals surface area contributed by atoms with Crippen LogP contribution in [0, 0.1) is 0 Å². The van der Waals surface area contributed by atoms with Crippen molar-refractivity contribution < 1.29 is 19.1 Å². The van der Waals surface area contributed by atoms with Gasteiger partial charge in [0.15, 0.2) is 11.5 Å². The van der Waals surface area contributed by atoms with Crippen LogP contribution in [-0.2, 0) is 11.4 Å². The van der Waals surface area contributed by atoms with Crippen molar-refractivity contribution in [2.45, 2.75) is 25.5 Å². The average molecular weight is 476 g/mol. The second kappa shape index (κ2) is 10.4. The standard InChI is InChI=1S/C22H26BrN3O4/c1-29-19-12-16(11-18(23)21(19)30-14-15-5-3-2-4-6-15)22(28)25-17-7-9-26(10-8-17)13-20(24)27/h2-6,11-12,17H,7-10,13-14H2,1H3,(H2,24,27)(H,25,28). The first-order chi connectivity index (χ1) is 14.5. The highest BCUT2D eigenvalue weighted by Crippen LogP contribution is 2.37. The number of nitrogens with zero attached hydrogens (tertiary/aromatic N) is 1. The zero-order valence-electron chi connectivity index (χ0n) is 16.9. The predicted octanol–water partition coefficient (Wildman–Crippen LogP) is 2.72. The molecule has 2 aromatic rings. The maximum atomic E-state index is 12.8. The Morgan fingerprint density at radius 1 is 1.20 bits per heavy atom. The second-order valence-electron chi connectivity index (χ2n) is 7.25. The normalized spacial score (nSPS) is 14.9. The van der Waals surface area contributed by atoms with Gasteiger partial charge in [0.1, 0.15) is 6.61 Å². The van der Waals surface area contributed by atoms with Crippen LogP contribution in [0.25, 0.3) is 0 Å². The molecule has 0 saturated carbocycles. The van der Waals surface area contributed by atoms with Crippen LogP contribution in [0.2, 0.25) is 0 Å². The summed E-state index contributed by atoms with van der Waals surface area (Å²) in [5.41, 5.74) is 6.77. The van der Waals surface area contributed by atoms with E-state index in [-0.39, 0.29) is 24.4 Å². The van der Waals surface area contributed by atoms with Gasteiger partial charge in [-0.25, -0.2) is 0 Å². The van der Waals surface area contributed by atoms with E-state index in [9.17, 15) is 9.59 Å². The zero-order valence-corrected chi connectivity index (χ0v) is 18.5. The van der Waals surface area contributed by atoms with Crippen LogP contribution < -0.4 is 20.5 Å². The van der Waals surface area contributed by atoms with E-state index in [1.807, 2.05) is 35.2 Å². The molecule has 30 heavy (non-hydrogen) atoms. The van der Waals surface area contributed by atoms with E-state index in [1.54, 1.807) is 19.2 Å². The zero-order chi connectivity index (χ0) is 21.5. The van der Waals surface area contributed by atoms with Gasteiger partial charge < -0.3 is 20.5 Å². The van der Waals surface area contributed by atoms with Gasteiger partial charge in [0.25, 0.3) is 5.91 Å². The Morgan fingerprint density at radius 3 is 2.53 bits per heavy atom. The molecule has 3 N–H and O–H groups in total. The molecular weight excluding hydrogens is 450 g/mol. The van der Waals surface area contributed by atoms with E-state index in [2.05, 4.69) is 21.2 Å². The lowest BCUT2D eigenvalue weighted by atomic mass is 10.0. The summed E-state index contributed by atoms with van der Waals surface area (Å²) in [6, 6.07) is 13.3. The Hall–Kier alpha value is -2.58. The number of methoxy groups -OCH3 is 1. The topological polar surface area (TPSA) is 93.9 Å². The molecule has 0 unspecified atom stereocenters. The van der Waals surface area contributed by atoms with E-state index < -0.39 is 0 Å². The molecule has 0 spiro atoms. The number of ether oxygens (including phenoxy) is 2. The second-order valence-corrected chi connectivity index (χ2v) is 8.11. The summed E-state index contributed by atoms with van der Waals surface area (Å²) in [4.78, 5) is 25.8. The number of nitrogens with one attached hydrogen (secondary N) is 1. The number of carbonyl (C=O) groups excluding carboxylic acids is 2. The number of nitrogens with two attached hydrogens (primary N) is 1. The Balaban J connectivity index is 1.62. The smallest absolute Gasteiger partial charge is 0.251 e. The summed E-state index contributed by atoms with van der Waals surface area (Å²) < 4.78 is 12.0. The van der Waals surface area contributed by atoms with Crippen LogP contribution in [0.1, 0.15) is 28.8 Å². The third kappa shape index (κ3) is 5.96. The van der Waals surface area contributed by atoms with E-state index in [0.29, 0.717) is 28.1 Å². The van der Waals surface area contributed by atoms with Gasteiger partial charge in [-0.1, -0.05) is 30.3 Å². The van der Waals surface area contributed by atoms with Crippen molar-refractivity contribution in [1.29, 1.82) is 0 Å². The fourth-order valence-electron chi connectivity index (χ4n) is 3.45. The largest absolute Gasteiger partial charge is 0.493 e. The first kappa shape index (κ1) is 22.1.